The monoisotopic (exact) mass is 270 g/mol. The first-order chi connectivity index (χ1) is 9.33. The maximum Gasteiger partial charge on any atom is 0.0951 e. The summed E-state index contributed by atoms with van der Waals surface area (Å²) in [6.45, 7) is 0. The fourth-order valence-electron chi connectivity index (χ4n) is 1.94. The van der Waals surface area contributed by atoms with Gasteiger partial charge in [-0.2, -0.15) is 0 Å². The molecule has 0 saturated heterocycles. The normalized spacial score (nSPS) is 12.5. The summed E-state index contributed by atoms with van der Waals surface area (Å²) < 4.78 is 5.05. The van der Waals surface area contributed by atoms with Crippen LogP contribution in [0.1, 0.15) is 16.6 Å². The van der Waals surface area contributed by atoms with Gasteiger partial charge in [-0.1, -0.05) is 30.3 Å². The van der Waals surface area contributed by atoms with E-state index in [1.807, 2.05) is 24.3 Å². The highest BCUT2D eigenvalue weighted by Gasteiger charge is 2.11. The molecule has 0 saturated carbocycles. The van der Waals surface area contributed by atoms with Crippen molar-refractivity contribution in [3.8, 4) is 11.3 Å². The molecule has 2 aromatic heterocycles. The first kappa shape index (κ1) is 12.1. The van der Waals surface area contributed by atoms with Crippen molar-refractivity contribution in [1.82, 2.24) is 4.98 Å². The Morgan fingerprint density at radius 3 is 2.79 bits per heavy atom. The average molecular weight is 270 g/mol. The number of nitrogens with two attached hydrogens (primary N) is 1. The van der Waals surface area contributed by atoms with Crippen LogP contribution in [-0.4, -0.2) is 4.98 Å². The largest absolute Gasteiger partial charge is 0.472 e. The van der Waals surface area contributed by atoms with Crippen molar-refractivity contribution in [2.24, 2.45) is 5.73 Å². The van der Waals surface area contributed by atoms with Crippen molar-refractivity contribution >= 4 is 11.3 Å². The number of aromatic nitrogens is 1. The van der Waals surface area contributed by atoms with E-state index in [2.05, 4.69) is 22.5 Å². The minimum Gasteiger partial charge on any atom is -0.472 e. The zero-order chi connectivity index (χ0) is 13.1. The minimum absolute atomic E-state index is 0.0616. The highest BCUT2D eigenvalue weighted by Crippen LogP contribution is 2.24. The molecule has 0 radical (unpaired) electrons. The van der Waals surface area contributed by atoms with Crippen molar-refractivity contribution in [2.45, 2.75) is 12.5 Å². The van der Waals surface area contributed by atoms with Crippen LogP contribution in [0.4, 0.5) is 0 Å². The molecule has 1 atom stereocenters. The van der Waals surface area contributed by atoms with Gasteiger partial charge in [-0.15, -0.1) is 11.3 Å². The Labute approximate surface area is 115 Å². The third kappa shape index (κ3) is 2.75. The zero-order valence-electron chi connectivity index (χ0n) is 10.3. The molecular weight excluding hydrogens is 256 g/mol. The maximum atomic E-state index is 6.13. The number of nitrogens with zero attached hydrogens (tertiary/aromatic N) is 1. The number of hydrogen-bond acceptors (Lipinski definition) is 4. The summed E-state index contributed by atoms with van der Waals surface area (Å²) in [5.41, 5.74) is 9.29. The third-order valence-corrected chi connectivity index (χ3v) is 3.86. The van der Waals surface area contributed by atoms with E-state index in [9.17, 15) is 0 Å². The van der Waals surface area contributed by atoms with E-state index < -0.39 is 0 Å². The molecule has 0 aliphatic carbocycles. The number of benzene rings is 1. The van der Waals surface area contributed by atoms with Gasteiger partial charge in [0.05, 0.1) is 23.2 Å². The molecule has 3 aromatic rings. The molecule has 3 rings (SSSR count). The highest BCUT2D eigenvalue weighted by molar-refractivity contribution is 7.09. The Kier molecular flexibility index (Phi) is 3.44. The molecule has 19 heavy (non-hydrogen) atoms. The van der Waals surface area contributed by atoms with E-state index in [0.717, 1.165) is 28.2 Å². The Hall–Kier alpha value is -1.91. The van der Waals surface area contributed by atoms with Gasteiger partial charge in [0.25, 0.3) is 0 Å². The number of furan rings is 1. The highest BCUT2D eigenvalue weighted by atomic mass is 32.1. The zero-order valence-corrected chi connectivity index (χ0v) is 11.1. The second-order valence-electron chi connectivity index (χ2n) is 4.36. The summed E-state index contributed by atoms with van der Waals surface area (Å²) in [6.07, 6.45) is 4.07. The van der Waals surface area contributed by atoms with E-state index in [4.69, 9.17) is 10.2 Å². The number of thiazole rings is 1. The molecule has 1 unspecified atom stereocenters. The van der Waals surface area contributed by atoms with Gasteiger partial charge in [0.15, 0.2) is 0 Å². The van der Waals surface area contributed by atoms with Gasteiger partial charge < -0.3 is 10.2 Å². The van der Waals surface area contributed by atoms with Crippen LogP contribution < -0.4 is 5.73 Å². The predicted octanol–water partition coefficient (Wildman–Crippen LogP) is 3.65. The van der Waals surface area contributed by atoms with Crippen molar-refractivity contribution in [1.29, 1.82) is 0 Å². The van der Waals surface area contributed by atoms with Crippen molar-refractivity contribution in [3.63, 3.8) is 0 Å². The van der Waals surface area contributed by atoms with E-state index in [0.29, 0.717) is 0 Å². The second-order valence-corrected chi connectivity index (χ2v) is 5.30. The van der Waals surface area contributed by atoms with Crippen molar-refractivity contribution < 1.29 is 4.42 Å². The van der Waals surface area contributed by atoms with Crippen LogP contribution >= 0.6 is 11.3 Å². The Balaban J connectivity index is 1.75. The lowest BCUT2D eigenvalue weighted by Crippen LogP contribution is -2.12. The molecule has 4 heteroatoms. The average Bonchev–Trinajstić information content (AvgIpc) is 3.11. The Morgan fingerprint density at radius 2 is 2.05 bits per heavy atom. The molecule has 0 fully saturated rings. The molecular formula is C15H14N2OS. The molecule has 1 aromatic carbocycles. The third-order valence-electron chi connectivity index (χ3n) is 2.99. The Morgan fingerprint density at radius 1 is 1.21 bits per heavy atom. The lowest BCUT2D eigenvalue weighted by molar-refractivity contribution is 0.558. The summed E-state index contributed by atoms with van der Waals surface area (Å²) >= 11 is 1.65. The van der Waals surface area contributed by atoms with Crippen molar-refractivity contribution in [3.05, 3.63) is 64.9 Å². The molecule has 0 bridgehead atoms. The lowest BCUT2D eigenvalue weighted by atomic mass is 10.1. The smallest absolute Gasteiger partial charge is 0.0951 e. The van der Waals surface area contributed by atoms with Crippen LogP contribution in [0.2, 0.25) is 0 Å². The summed E-state index contributed by atoms with van der Waals surface area (Å²) in [4.78, 5) is 4.64. The molecule has 0 aliphatic rings. The molecule has 0 spiro atoms. The number of rotatable bonds is 4. The van der Waals surface area contributed by atoms with Crippen LogP contribution in [0.15, 0.2) is 58.7 Å². The number of hydrogen-bond donors (Lipinski definition) is 1. The van der Waals surface area contributed by atoms with Gasteiger partial charge in [-0.05, 0) is 6.07 Å². The summed E-state index contributed by atoms with van der Waals surface area (Å²) in [6, 6.07) is 12.0. The van der Waals surface area contributed by atoms with Crippen LogP contribution in [0.3, 0.4) is 0 Å². The maximum absolute atomic E-state index is 6.13. The van der Waals surface area contributed by atoms with Gasteiger partial charge in [-0.25, -0.2) is 4.98 Å². The SMILES string of the molecule is NC(Cc1nc(-c2ccccc2)cs1)c1ccoc1. The minimum atomic E-state index is -0.0616. The Bertz CT molecular complexity index is 631. The molecule has 2 N–H and O–H groups in total. The van der Waals surface area contributed by atoms with Crippen molar-refractivity contribution in [2.75, 3.05) is 0 Å². The summed E-state index contributed by atoms with van der Waals surface area (Å²) in [7, 11) is 0. The molecule has 3 nitrogen and oxygen atoms in total. The molecule has 0 aliphatic heterocycles. The first-order valence-electron chi connectivity index (χ1n) is 6.10. The topological polar surface area (TPSA) is 52.0 Å². The molecule has 96 valence electrons. The fourth-order valence-corrected chi connectivity index (χ4v) is 2.80. The van der Waals surface area contributed by atoms with E-state index >= 15 is 0 Å². The van der Waals surface area contributed by atoms with Gasteiger partial charge >= 0.3 is 0 Å². The molecule has 2 heterocycles. The lowest BCUT2D eigenvalue weighted by Gasteiger charge is -2.05. The van der Waals surface area contributed by atoms with Crippen LogP contribution in [0.5, 0.6) is 0 Å². The van der Waals surface area contributed by atoms with Crippen LogP contribution in [-0.2, 0) is 6.42 Å². The second kappa shape index (κ2) is 5.38. The summed E-state index contributed by atoms with van der Waals surface area (Å²) in [5, 5.41) is 3.12. The standard InChI is InChI=1S/C15H14N2OS/c16-13(12-6-7-18-9-12)8-15-17-14(10-19-15)11-4-2-1-3-5-11/h1-7,9-10,13H,8,16H2. The van der Waals surface area contributed by atoms with E-state index in [1.54, 1.807) is 23.9 Å². The quantitative estimate of drug-likeness (QED) is 0.787. The van der Waals surface area contributed by atoms with Gasteiger partial charge in [0.2, 0.25) is 0 Å². The van der Waals surface area contributed by atoms with E-state index in [1.165, 1.54) is 0 Å². The van der Waals surface area contributed by atoms with Gasteiger partial charge in [-0.3, -0.25) is 0 Å². The van der Waals surface area contributed by atoms with E-state index in [-0.39, 0.29) is 6.04 Å². The van der Waals surface area contributed by atoms with Crippen LogP contribution in [0.25, 0.3) is 11.3 Å². The predicted molar refractivity (Wildman–Crippen MR) is 76.9 cm³/mol. The fraction of sp³-hybridized carbons (Fsp3) is 0.133. The van der Waals surface area contributed by atoms with Crippen LogP contribution in [0, 0.1) is 0 Å². The summed E-state index contributed by atoms with van der Waals surface area (Å²) in [5.74, 6) is 0. The van der Waals surface area contributed by atoms with Gasteiger partial charge in [0, 0.05) is 29.0 Å². The molecule has 0 amide bonds. The first-order valence-corrected chi connectivity index (χ1v) is 6.98. The van der Waals surface area contributed by atoms with Gasteiger partial charge in [0.1, 0.15) is 0 Å².